The smallest absolute Gasteiger partial charge is 0.275 e. The second-order valence-corrected chi connectivity index (χ2v) is 6.01. The van der Waals surface area contributed by atoms with E-state index in [-0.39, 0.29) is 11.3 Å². The lowest BCUT2D eigenvalue weighted by Gasteiger charge is -2.03. The van der Waals surface area contributed by atoms with Crippen LogP contribution in [0.5, 0.6) is 5.75 Å². The van der Waals surface area contributed by atoms with Crippen LogP contribution in [0.2, 0.25) is 0 Å². The highest BCUT2D eigenvalue weighted by Crippen LogP contribution is 2.31. The van der Waals surface area contributed by atoms with Crippen molar-refractivity contribution in [3.63, 3.8) is 0 Å². The molecule has 4 aromatic rings. The second-order valence-electron chi connectivity index (χ2n) is 6.01. The summed E-state index contributed by atoms with van der Waals surface area (Å²) in [5.74, 6) is 0.187. The van der Waals surface area contributed by atoms with Gasteiger partial charge in [0.25, 0.3) is 5.56 Å². The Labute approximate surface area is 143 Å². The summed E-state index contributed by atoms with van der Waals surface area (Å²) in [6.07, 6.45) is 2.71. The van der Waals surface area contributed by atoms with Crippen molar-refractivity contribution in [2.45, 2.75) is 13.0 Å². The van der Waals surface area contributed by atoms with Gasteiger partial charge in [0.1, 0.15) is 11.4 Å². The van der Waals surface area contributed by atoms with E-state index in [1.54, 1.807) is 12.1 Å². The maximum atomic E-state index is 12.6. The van der Waals surface area contributed by atoms with Gasteiger partial charge in [0, 0.05) is 29.8 Å². The van der Waals surface area contributed by atoms with Crippen molar-refractivity contribution >= 4 is 21.9 Å². The van der Waals surface area contributed by atoms with E-state index in [1.807, 2.05) is 41.1 Å². The van der Waals surface area contributed by atoms with Crippen molar-refractivity contribution in [3.05, 3.63) is 59.0 Å². The Morgan fingerprint density at radius 2 is 2.04 bits per heavy atom. The molecule has 0 radical (unpaired) electrons. The number of fused-ring (bicyclic) bond motifs is 2. The molecule has 6 nitrogen and oxygen atoms in total. The summed E-state index contributed by atoms with van der Waals surface area (Å²) in [5.41, 5.74) is 8.82. The fourth-order valence-corrected chi connectivity index (χ4v) is 3.13. The third-order valence-corrected chi connectivity index (χ3v) is 4.32. The van der Waals surface area contributed by atoms with Crippen LogP contribution in [0, 0.1) is 0 Å². The van der Waals surface area contributed by atoms with Gasteiger partial charge in [-0.15, -0.1) is 0 Å². The molecule has 25 heavy (non-hydrogen) atoms. The summed E-state index contributed by atoms with van der Waals surface area (Å²) in [4.78, 5) is 20.0. The van der Waals surface area contributed by atoms with Gasteiger partial charge in [-0.25, -0.2) is 4.98 Å². The number of aromatic amines is 1. The Kier molecular flexibility index (Phi) is 3.74. The molecule has 126 valence electrons. The van der Waals surface area contributed by atoms with Crippen molar-refractivity contribution < 1.29 is 5.11 Å². The zero-order chi connectivity index (χ0) is 17.4. The minimum absolute atomic E-state index is 0.187. The highest BCUT2D eigenvalue weighted by molar-refractivity contribution is 5.96. The van der Waals surface area contributed by atoms with Gasteiger partial charge >= 0.3 is 0 Å². The van der Waals surface area contributed by atoms with Crippen LogP contribution in [-0.2, 0) is 6.54 Å². The fraction of sp³-hybridized carbons (Fsp3) is 0.158. The van der Waals surface area contributed by atoms with Crippen LogP contribution in [-0.4, -0.2) is 26.2 Å². The summed E-state index contributed by atoms with van der Waals surface area (Å²) >= 11 is 0. The van der Waals surface area contributed by atoms with Gasteiger partial charge in [-0.3, -0.25) is 4.79 Å². The minimum Gasteiger partial charge on any atom is -0.508 e. The molecule has 0 unspecified atom stereocenters. The lowest BCUT2D eigenvalue weighted by molar-refractivity contribution is 0.475. The van der Waals surface area contributed by atoms with E-state index in [0.29, 0.717) is 24.3 Å². The predicted molar refractivity (Wildman–Crippen MR) is 98.6 cm³/mol. The van der Waals surface area contributed by atoms with Crippen LogP contribution in [0.3, 0.4) is 0 Å². The van der Waals surface area contributed by atoms with Gasteiger partial charge in [0.15, 0.2) is 0 Å². The maximum absolute atomic E-state index is 12.6. The summed E-state index contributed by atoms with van der Waals surface area (Å²) < 4.78 is 2.01. The number of rotatable bonds is 4. The minimum atomic E-state index is -0.232. The number of para-hydroxylation sites is 2. The first-order chi connectivity index (χ1) is 12.2. The topological polar surface area (TPSA) is 96.9 Å². The molecule has 0 aliphatic carbocycles. The Bertz CT molecular complexity index is 1130. The number of H-pyrrole nitrogens is 1. The van der Waals surface area contributed by atoms with Crippen molar-refractivity contribution in [2.24, 2.45) is 5.73 Å². The first kappa shape index (κ1) is 15.4. The van der Waals surface area contributed by atoms with Gasteiger partial charge < -0.3 is 20.4 Å². The van der Waals surface area contributed by atoms with Crippen LogP contribution in [0.1, 0.15) is 6.42 Å². The van der Waals surface area contributed by atoms with Crippen LogP contribution < -0.4 is 11.3 Å². The number of hydrogen-bond acceptors (Lipinski definition) is 4. The van der Waals surface area contributed by atoms with Crippen molar-refractivity contribution in [2.75, 3.05) is 6.54 Å². The third-order valence-electron chi connectivity index (χ3n) is 4.32. The Morgan fingerprint density at radius 1 is 1.20 bits per heavy atom. The molecule has 0 fully saturated rings. The number of benzene rings is 2. The van der Waals surface area contributed by atoms with E-state index >= 15 is 0 Å². The Hall–Kier alpha value is -3.12. The fourth-order valence-electron chi connectivity index (χ4n) is 3.13. The van der Waals surface area contributed by atoms with E-state index in [4.69, 9.17) is 5.73 Å². The molecule has 2 heterocycles. The summed E-state index contributed by atoms with van der Waals surface area (Å²) in [6, 6.07) is 12.6. The molecule has 0 atom stereocenters. The average Bonchev–Trinajstić information content (AvgIpc) is 2.97. The number of phenols is 1. The highest BCUT2D eigenvalue weighted by Gasteiger charge is 2.15. The number of hydrogen-bond donors (Lipinski definition) is 3. The molecule has 0 aliphatic rings. The zero-order valence-corrected chi connectivity index (χ0v) is 13.6. The van der Waals surface area contributed by atoms with E-state index < -0.39 is 0 Å². The first-order valence-electron chi connectivity index (χ1n) is 8.19. The number of aromatic nitrogens is 3. The normalized spacial score (nSPS) is 11.4. The molecule has 0 saturated heterocycles. The first-order valence-corrected chi connectivity index (χ1v) is 8.19. The molecular weight excluding hydrogens is 316 g/mol. The molecule has 0 bridgehead atoms. The molecule has 2 aromatic carbocycles. The van der Waals surface area contributed by atoms with E-state index in [0.717, 1.165) is 28.4 Å². The third kappa shape index (κ3) is 2.66. The van der Waals surface area contributed by atoms with E-state index in [2.05, 4.69) is 9.97 Å². The number of nitrogens with zero attached hydrogens (tertiary/aromatic N) is 2. The second kappa shape index (κ2) is 6.07. The lowest BCUT2D eigenvalue weighted by Crippen LogP contribution is -2.11. The van der Waals surface area contributed by atoms with Gasteiger partial charge in [-0.05, 0) is 37.2 Å². The zero-order valence-electron chi connectivity index (χ0n) is 13.6. The summed E-state index contributed by atoms with van der Waals surface area (Å²) in [5, 5.41) is 10.7. The van der Waals surface area contributed by atoms with Gasteiger partial charge in [-0.2, -0.15) is 0 Å². The molecule has 4 N–H and O–H groups in total. The van der Waals surface area contributed by atoms with Gasteiger partial charge in [0.2, 0.25) is 0 Å². The van der Waals surface area contributed by atoms with Crippen LogP contribution in [0.4, 0.5) is 0 Å². The van der Waals surface area contributed by atoms with Crippen molar-refractivity contribution in [1.29, 1.82) is 0 Å². The quantitative estimate of drug-likeness (QED) is 0.534. The molecule has 0 saturated carbocycles. The maximum Gasteiger partial charge on any atom is 0.275 e. The van der Waals surface area contributed by atoms with Crippen molar-refractivity contribution in [1.82, 2.24) is 14.5 Å². The molecule has 0 amide bonds. The lowest BCUT2D eigenvalue weighted by atomic mass is 10.1. The largest absolute Gasteiger partial charge is 0.508 e. The predicted octanol–water partition coefficient (Wildman–Crippen LogP) is 2.60. The van der Waals surface area contributed by atoms with Crippen LogP contribution in [0.25, 0.3) is 33.2 Å². The summed E-state index contributed by atoms with van der Waals surface area (Å²) in [6.45, 7) is 1.28. The molecule has 6 heteroatoms. The number of aryl methyl sites for hydroxylation is 1. The molecule has 2 aromatic heterocycles. The van der Waals surface area contributed by atoms with E-state index in [1.165, 1.54) is 0 Å². The average molecular weight is 334 g/mol. The number of aromatic hydroxyl groups is 1. The Morgan fingerprint density at radius 3 is 2.88 bits per heavy atom. The monoisotopic (exact) mass is 334 g/mol. The number of nitrogens with one attached hydrogen (secondary N) is 1. The molecule has 0 spiro atoms. The SMILES string of the molecule is NCCCn1cc(-c2nc3ccccc3[nH]c2=O)c2ccc(O)cc21. The van der Waals surface area contributed by atoms with Gasteiger partial charge in [0.05, 0.1) is 16.6 Å². The van der Waals surface area contributed by atoms with E-state index in [9.17, 15) is 9.90 Å². The number of phenolic OH excluding ortho intramolecular Hbond substituents is 1. The molecule has 4 rings (SSSR count). The molecular formula is C19H18N4O2. The number of nitrogens with two attached hydrogens (primary N) is 1. The van der Waals surface area contributed by atoms with Crippen molar-refractivity contribution in [3.8, 4) is 17.0 Å². The van der Waals surface area contributed by atoms with Gasteiger partial charge in [-0.1, -0.05) is 12.1 Å². The van der Waals surface area contributed by atoms with Crippen LogP contribution in [0.15, 0.2) is 53.5 Å². The van der Waals surface area contributed by atoms with Crippen LogP contribution >= 0.6 is 0 Å². The standard InChI is InChI=1S/C19H18N4O2/c20-8-3-9-23-11-14(13-7-6-12(24)10-17(13)23)18-19(25)22-16-5-2-1-4-15(16)21-18/h1-2,4-7,10-11,24H,3,8-9,20H2,(H,22,25). The Balaban J connectivity index is 1.97. The summed E-state index contributed by atoms with van der Waals surface area (Å²) in [7, 11) is 0. The molecule has 0 aliphatic heterocycles. The highest BCUT2D eigenvalue weighted by atomic mass is 16.3.